The monoisotopic (exact) mass is 342 g/mol. The lowest BCUT2D eigenvalue weighted by atomic mass is 9.98. The fourth-order valence-electron chi connectivity index (χ4n) is 2.90. The number of amides is 1. The molecule has 0 heterocycles. The van der Waals surface area contributed by atoms with Crippen LogP contribution in [0.25, 0.3) is 0 Å². The Labute approximate surface area is 149 Å². The van der Waals surface area contributed by atoms with Crippen LogP contribution in [0.4, 0.5) is 10.1 Å². The third-order valence-electron chi connectivity index (χ3n) is 4.30. The Morgan fingerprint density at radius 2 is 1.92 bits per heavy atom. The largest absolute Gasteiger partial charge is 0.324 e. The van der Waals surface area contributed by atoms with Crippen molar-refractivity contribution in [2.75, 3.05) is 18.4 Å². The van der Waals surface area contributed by atoms with Crippen molar-refractivity contribution in [2.24, 2.45) is 0 Å². The molecule has 0 fully saturated rings. The van der Waals surface area contributed by atoms with Crippen LogP contribution in [0.15, 0.2) is 42.5 Å². The van der Waals surface area contributed by atoms with Gasteiger partial charge in [-0.25, -0.2) is 4.39 Å². The number of aryl methyl sites for hydroxylation is 1. The van der Waals surface area contributed by atoms with Gasteiger partial charge < -0.3 is 5.32 Å². The van der Waals surface area contributed by atoms with Crippen LogP contribution in [-0.4, -0.2) is 23.9 Å². The maximum atomic E-state index is 13.3. The first-order valence-corrected chi connectivity index (χ1v) is 8.76. The highest BCUT2D eigenvalue weighted by atomic mass is 19.1. The van der Waals surface area contributed by atoms with Crippen molar-refractivity contribution >= 4 is 11.6 Å². The summed E-state index contributed by atoms with van der Waals surface area (Å²) in [6, 6.07) is 12.6. The molecule has 0 aromatic heterocycles. The Morgan fingerprint density at radius 3 is 2.56 bits per heavy atom. The Balaban J connectivity index is 2.06. The molecule has 2 aromatic carbocycles. The fourth-order valence-corrected chi connectivity index (χ4v) is 2.90. The summed E-state index contributed by atoms with van der Waals surface area (Å²) in [5.41, 5.74) is 3.98. The van der Waals surface area contributed by atoms with E-state index in [0.717, 1.165) is 28.9 Å². The molecule has 4 heteroatoms. The van der Waals surface area contributed by atoms with Gasteiger partial charge in [-0.15, -0.1) is 0 Å². The van der Waals surface area contributed by atoms with Crippen LogP contribution < -0.4 is 5.32 Å². The summed E-state index contributed by atoms with van der Waals surface area (Å²) in [6.07, 6.45) is 0. The molecular formula is C21H27FN2O. The van der Waals surface area contributed by atoms with Gasteiger partial charge in [0.2, 0.25) is 5.91 Å². The highest BCUT2D eigenvalue weighted by Gasteiger charge is 2.14. The number of hydrogen-bond acceptors (Lipinski definition) is 2. The van der Waals surface area contributed by atoms with Crippen LogP contribution in [0.5, 0.6) is 0 Å². The molecule has 0 spiro atoms. The van der Waals surface area contributed by atoms with Gasteiger partial charge >= 0.3 is 0 Å². The van der Waals surface area contributed by atoms with Crippen molar-refractivity contribution in [3.05, 3.63) is 65.0 Å². The summed E-state index contributed by atoms with van der Waals surface area (Å²) in [7, 11) is 0. The summed E-state index contributed by atoms with van der Waals surface area (Å²) in [5, 5.41) is 3.07. The molecule has 3 nitrogen and oxygen atoms in total. The summed E-state index contributed by atoms with van der Waals surface area (Å²) >= 11 is 0. The molecule has 0 aliphatic carbocycles. The highest BCUT2D eigenvalue weighted by molar-refractivity contribution is 5.93. The normalized spacial score (nSPS) is 11.2. The van der Waals surface area contributed by atoms with Gasteiger partial charge in [-0.1, -0.05) is 51.1 Å². The number of hydrogen-bond donors (Lipinski definition) is 1. The Morgan fingerprint density at radius 1 is 1.20 bits per heavy atom. The molecule has 0 saturated heterocycles. The maximum absolute atomic E-state index is 13.3. The first-order chi connectivity index (χ1) is 11.9. The molecule has 0 unspecified atom stereocenters. The summed E-state index contributed by atoms with van der Waals surface area (Å²) < 4.78 is 13.3. The summed E-state index contributed by atoms with van der Waals surface area (Å²) in [5.74, 6) is 0.0405. The van der Waals surface area contributed by atoms with Gasteiger partial charge in [0.05, 0.1) is 6.54 Å². The predicted octanol–water partition coefficient (Wildman–Crippen LogP) is 4.72. The average molecular weight is 342 g/mol. The zero-order valence-electron chi connectivity index (χ0n) is 15.5. The smallest absolute Gasteiger partial charge is 0.238 e. The standard InChI is InChI=1S/C21H27FN2O/c1-5-24(13-17-9-7-10-18(22)12-17)14-20(25)23-21-16(4)8-6-11-19(21)15(2)3/h6-12,15H,5,13-14H2,1-4H3,(H,23,25). The molecule has 0 aliphatic rings. The summed E-state index contributed by atoms with van der Waals surface area (Å²) in [6.45, 7) is 9.78. The van der Waals surface area contributed by atoms with Crippen molar-refractivity contribution in [1.29, 1.82) is 0 Å². The Kier molecular flexibility index (Phi) is 6.71. The fraction of sp³-hybridized carbons (Fsp3) is 0.381. The van der Waals surface area contributed by atoms with Crippen LogP contribution in [0.3, 0.4) is 0 Å². The molecular weight excluding hydrogens is 315 g/mol. The van der Waals surface area contributed by atoms with Crippen molar-refractivity contribution in [3.8, 4) is 0 Å². The topological polar surface area (TPSA) is 32.3 Å². The lowest BCUT2D eigenvalue weighted by molar-refractivity contribution is -0.117. The first kappa shape index (κ1) is 19.1. The average Bonchev–Trinajstić information content (AvgIpc) is 2.55. The van der Waals surface area contributed by atoms with E-state index in [1.165, 1.54) is 12.1 Å². The van der Waals surface area contributed by atoms with Gasteiger partial charge in [0.15, 0.2) is 0 Å². The highest BCUT2D eigenvalue weighted by Crippen LogP contribution is 2.27. The molecule has 0 saturated carbocycles. The molecule has 0 bridgehead atoms. The van der Waals surface area contributed by atoms with Crippen LogP contribution >= 0.6 is 0 Å². The molecule has 2 aromatic rings. The van der Waals surface area contributed by atoms with E-state index in [1.54, 1.807) is 6.07 Å². The van der Waals surface area contributed by atoms with Crippen LogP contribution in [0.2, 0.25) is 0 Å². The van der Waals surface area contributed by atoms with E-state index in [0.29, 0.717) is 12.5 Å². The number of benzene rings is 2. The summed E-state index contributed by atoms with van der Waals surface area (Å²) in [4.78, 5) is 14.5. The number of para-hydroxylation sites is 1. The quantitative estimate of drug-likeness (QED) is 0.790. The zero-order valence-corrected chi connectivity index (χ0v) is 15.5. The second kappa shape index (κ2) is 8.77. The van der Waals surface area contributed by atoms with E-state index in [4.69, 9.17) is 0 Å². The number of carbonyl (C=O) groups is 1. The van der Waals surface area contributed by atoms with Gasteiger partial charge in [-0.3, -0.25) is 9.69 Å². The van der Waals surface area contributed by atoms with Crippen molar-refractivity contribution in [1.82, 2.24) is 4.90 Å². The van der Waals surface area contributed by atoms with Crippen LogP contribution in [0, 0.1) is 12.7 Å². The van der Waals surface area contributed by atoms with Crippen LogP contribution in [0.1, 0.15) is 43.4 Å². The van der Waals surface area contributed by atoms with Gasteiger partial charge in [-0.2, -0.15) is 0 Å². The zero-order chi connectivity index (χ0) is 18.4. The molecule has 1 amide bonds. The minimum atomic E-state index is -0.250. The number of likely N-dealkylation sites (N-methyl/N-ethyl adjacent to an activating group) is 1. The van der Waals surface area contributed by atoms with E-state index < -0.39 is 0 Å². The minimum absolute atomic E-state index is 0.0468. The maximum Gasteiger partial charge on any atom is 0.238 e. The molecule has 1 N–H and O–H groups in total. The molecule has 0 atom stereocenters. The second-order valence-corrected chi connectivity index (χ2v) is 6.68. The molecule has 0 radical (unpaired) electrons. The van der Waals surface area contributed by atoms with E-state index >= 15 is 0 Å². The van der Waals surface area contributed by atoms with Gasteiger partial charge in [0.1, 0.15) is 5.82 Å². The van der Waals surface area contributed by atoms with E-state index in [-0.39, 0.29) is 18.3 Å². The van der Waals surface area contributed by atoms with E-state index in [1.807, 2.05) is 36.9 Å². The number of halogens is 1. The SMILES string of the molecule is CCN(CC(=O)Nc1c(C)cccc1C(C)C)Cc1cccc(F)c1. The van der Waals surface area contributed by atoms with Gasteiger partial charge in [0, 0.05) is 12.2 Å². The lowest BCUT2D eigenvalue weighted by Crippen LogP contribution is -2.33. The number of nitrogens with zero attached hydrogens (tertiary/aromatic N) is 1. The minimum Gasteiger partial charge on any atom is -0.324 e. The predicted molar refractivity (Wildman–Crippen MR) is 101 cm³/mol. The van der Waals surface area contributed by atoms with Gasteiger partial charge in [0.25, 0.3) is 0 Å². The number of anilines is 1. The van der Waals surface area contributed by atoms with E-state index in [2.05, 4.69) is 25.2 Å². The van der Waals surface area contributed by atoms with Gasteiger partial charge in [-0.05, 0) is 48.2 Å². The van der Waals surface area contributed by atoms with Crippen molar-refractivity contribution in [3.63, 3.8) is 0 Å². The molecule has 134 valence electrons. The number of nitrogens with one attached hydrogen (secondary N) is 1. The second-order valence-electron chi connectivity index (χ2n) is 6.68. The molecule has 0 aliphatic heterocycles. The first-order valence-electron chi connectivity index (χ1n) is 8.76. The molecule has 25 heavy (non-hydrogen) atoms. The van der Waals surface area contributed by atoms with Crippen LogP contribution in [-0.2, 0) is 11.3 Å². The Hall–Kier alpha value is -2.20. The molecule has 2 rings (SSSR count). The third kappa shape index (κ3) is 5.40. The van der Waals surface area contributed by atoms with Crippen molar-refractivity contribution < 1.29 is 9.18 Å². The number of rotatable bonds is 7. The Bertz CT molecular complexity index is 728. The van der Waals surface area contributed by atoms with E-state index in [9.17, 15) is 9.18 Å². The third-order valence-corrected chi connectivity index (χ3v) is 4.30. The van der Waals surface area contributed by atoms with Crippen molar-refractivity contribution in [2.45, 2.75) is 40.2 Å². The number of carbonyl (C=O) groups excluding carboxylic acids is 1. The lowest BCUT2D eigenvalue weighted by Gasteiger charge is -2.22.